The maximum atomic E-state index is 8.65. The van der Waals surface area contributed by atoms with E-state index in [1.807, 2.05) is 18.2 Å². The minimum atomic E-state index is -0.105. The molecule has 19 heavy (non-hydrogen) atoms. The van der Waals surface area contributed by atoms with Crippen molar-refractivity contribution in [2.45, 2.75) is 20.5 Å². The number of para-hydroxylation sites is 1. The highest BCUT2D eigenvalue weighted by Crippen LogP contribution is 2.25. The van der Waals surface area contributed by atoms with Crippen molar-refractivity contribution in [1.29, 1.82) is 0 Å². The summed E-state index contributed by atoms with van der Waals surface area (Å²) in [6, 6.07) is 10.1. The largest absolute Gasteiger partial charge is 0.488 e. The third-order valence-electron chi connectivity index (χ3n) is 2.72. The molecule has 3 heteroatoms. The van der Waals surface area contributed by atoms with Crippen LogP contribution in [0.4, 0.5) is 0 Å². The standard InChI is InChI=1S/C16H16O2S/c1-12-5-3-6-13(2)16(12)18-11-15-9-8-14(19-15)7-4-10-17/h3,5-6,8-9,17H,10-11H2,1-2H3. The van der Waals surface area contributed by atoms with Gasteiger partial charge in [0.25, 0.3) is 0 Å². The van der Waals surface area contributed by atoms with Gasteiger partial charge in [0.1, 0.15) is 19.0 Å². The number of hydrogen-bond acceptors (Lipinski definition) is 3. The minimum Gasteiger partial charge on any atom is -0.488 e. The second-order valence-corrected chi connectivity index (χ2v) is 5.40. The zero-order chi connectivity index (χ0) is 13.7. The normalized spacial score (nSPS) is 9.84. The van der Waals surface area contributed by atoms with Gasteiger partial charge in [-0.1, -0.05) is 30.0 Å². The Kier molecular flexibility index (Phi) is 4.62. The van der Waals surface area contributed by atoms with E-state index in [0.717, 1.165) is 26.6 Å². The van der Waals surface area contributed by atoms with E-state index >= 15 is 0 Å². The molecule has 2 aromatic rings. The molecule has 98 valence electrons. The lowest BCUT2D eigenvalue weighted by Crippen LogP contribution is -1.96. The zero-order valence-corrected chi connectivity index (χ0v) is 11.9. The first-order valence-electron chi connectivity index (χ1n) is 6.08. The van der Waals surface area contributed by atoms with Crippen LogP contribution >= 0.6 is 11.3 Å². The van der Waals surface area contributed by atoms with E-state index in [9.17, 15) is 0 Å². The van der Waals surface area contributed by atoms with Crippen LogP contribution in [-0.4, -0.2) is 11.7 Å². The highest BCUT2D eigenvalue weighted by Gasteiger charge is 2.04. The van der Waals surface area contributed by atoms with Crippen LogP contribution in [0.3, 0.4) is 0 Å². The van der Waals surface area contributed by atoms with E-state index in [1.165, 1.54) is 0 Å². The molecule has 0 atom stereocenters. The van der Waals surface area contributed by atoms with Crippen LogP contribution in [0, 0.1) is 25.7 Å². The molecule has 1 aromatic carbocycles. The van der Waals surface area contributed by atoms with Crippen molar-refractivity contribution in [3.8, 4) is 17.6 Å². The molecule has 0 aliphatic carbocycles. The summed E-state index contributed by atoms with van der Waals surface area (Å²) in [5.41, 5.74) is 2.30. The van der Waals surface area contributed by atoms with Gasteiger partial charge in [-0.2, -0.15) is 0 Å². The van der Waals surface area contributed by atoms with E-state index in [-0.39, 0.29) is 6.61 Å². The average Bonchev–Trinajstić information content (AvgIpc) is 2.84. The first kappa shape index (κ1) is 13.7. The van der Waals surface area contributed by atoms with Crippen LogP contribution < -0.4 is 4.74 Å². The van der Waals surface area contributed by atoms with Crippen LogP contribution in [0.5, 0.6) is 5.75 Å². The van der Waals surface area contributed by atoms with Gasteiger partial charge in [0.2, 0.25) is 0 Å². The van der Waals surface area contributed by atoms with Crippen molar-refractivity contribution in [1.82, 2.24) is 0 Å². The molecule has 0 amide bonds. The molecule has 0 bridgehead atoms. The fraction of sp³-hybridized carbons (Fsp3) is 0.250. The third kappa shape index (κ3) is 3.60. The lowest BCUT2D eigenvalue weighted by atomic mass is 10.1. The van der Waals surface area contributed by atoms with E-state index in [0.29, 0.717) is 6.61 Å². The SMILES string of the molecule is Cc1cccc(C)c1OCc1ccc(C#CCO)s1. The molecule has 1 N–H and O–H groups in total. The zero-order valence-electron chi connectivity index (χ0n) is 11.1. The number of hydrogen-bond donors (Lipinski definition) is 1. The number of aryl methyl sites for hydroxylation is 2. The molecule has 0 unspecified atom stereocenters. The fourth-order valence-electron chi connectivity index (χ4n) is 1.82. The quantitative estimate of drug-likeness (QED) is 0.869. The van der Waals surface area contributed by atoms with Gasteiger partial charge in [-0.25, -0.2) is 0 Å². The van der Waals surface area contributed by atoms with Gasteiger partial charge in [0.15, 0.2) is 0 Å². The molecule has 2 rings (SSSR count). The molecule has 1 heterocycles. The van der Waals surface area contributed by atoms with Gasteiger partial charge < -0.3 is 9.84 Å². The van der Waals surface area contributed by atoms with Gasteiger partial charge in [0.05, 0.1) is 4.88 Å². The summed E-state index contributed by atoms with van der Waals surface area (Å²) in [5.74, 6) is 6.50. The van der Waals surface area contributed by atoms with Crippen molar-refractivity contribution in [2.24, 2.45) is 0 Å². The monoisotopic (exact) mass is 272 g/mol. The van der Waals surface area contributed by atoms with Crippen LogP contribution in [0.2, 0.25) is 0 Å². The highest BCUT2D eigenvalue weighted by molar-refractivity contribution is 7.12. The number of thiophene rings is 1. The van der Waals surface area contributed by atoms with E-state index in [4.69, 9.17) is 9.84 Å². The third-order valence-corrected chi connectivity index (χ3v) is 3.69. The highest BCUT2D eigenvalue weighted by atomic mass is 32.1. The number of ether oxygens (including phenoxy) is 1. The van der Waals surface area contributed by atoms with Gasteiger partial charge >= 0.3 is 0 Å². The lowest BCUT2D eigenvalue weighted by Gasteiger charge is -2.10. The molecular formula is C16H16O2S. The molecule has 0 aliphatic heterocycles. The predicted molar refractivity (Wildman–Crippen MR) is 78.5 cm³/mol. The number of benzene rings is 1. The van der Waals surface area contributed by atoms with Crippen molar-refractivity contribution >= 4 is 11.3 Å². The molecular weight excluding hydrogens is 256 g/mol. The number of aliphatic hydroxyl groups excluding tert-OH is 1. The van der Waals surface area contributed by atoms with Crippen molar-refractivity contribution in [3.63, 3.8) is 0 Å². The summed E-state index contributed by atoms with van der Waals surface area (Å²) in [6.45, 7) is 4.55. The van der Waals surface area contributed by atoms with E-state index in [1.54, 1.807) is 11.3 Å². The minimum absolute atomic E-state index is 0.105. The second kappa shape index (κ2) is 6.42. The van der Waals surface area contributed by atoms with E-state index < -0.39 is 0 Å². The number of aliphatic hydroxyl groups is 1. The maximum absolute atomic E-state index is 8.65. The second-order valence-electron chi connectivity index (χ2n) is 4.24. The molecule has 0 radical (unpaired) electrons. The summed E-state index contributed by atoms with van der Waals surface area (Å²) in [4.78, 5) is 2.08. The van der Waals surface area contributed by atoms with Crippen LogP contribution in [-0.2, 0) is 6.61 Å². The Balaban J connectivity index is 2.04. The Labute approximate surface area is 117 Å². The average molecular weight is 272 g/mol. The predicted octanol–water partition coefficient (Wildman–Crippen LogP) is 3.29. The van der Waals surface area contributed by atoms with Crippen LogP contribution in [0.15, 0.2) is 30.3 Å². The fourth-order valence-corrected chi connectivity index (χ4v) is 2.62. The smallest absolute Gasteiger partial charge is 0.125 e. The Morgan fingerprint density at radius 2 is 1.89 bits per heavy atom. The van der Waals surface area contributed by atoms with Crippen molar-refractivity contribution in [3.05, 3.63) is 51.2 Å². The van der Waals surface area contributed by atoms with Crippen molar-refractivity contribution < 1.29 is 9.84 Å². The summed E-state index contributed by atoms with van der Waals surface area (Å²) in [5, 5.41) is 8.65. The molecule has 2 nitrogen and oxygen atoms in total. The Morgan fingerprint density at radius 1 is 1.16 bits per heavy atom. The lowest BCUT2D eigenvalue weighted by molar-refractivity contribution is 0.305. The molecule has 1 aromatic heterocycles. The van der Waals surface area contributed by atoms with E-state index in [2.05, 4.69) is 37.8 Å². The maximum Gasteiger partial charge on any atom is 0.125 e. The van der Waals surface area contributed by atoms with Crippen LogP contribution in [0.1, 0.15) is 20.9 Å². The van der Waals surface area contributed by atoms with Gasteiger partial charge in [-0.05, 0) is 37.1 Å². The van der Waals surface area contributed by atoms with Gasteiger partial charge in [-0.3, -0.25) is 0 Å². The van der Waals surface area contributed by atoms with Gasteiger partial charge in [0, 0.05) is 4.88 Å². The Bertz CT molecular complexity index is 597. The summed E-state index contributed by atoms with van der Waals surface area (Å²) >= 11 is 1.59. The number of rotatable bonds is 3. The summed E-state index contributed by atoms with van der Waals surface area (Å²) in [7, 11) is 0. The molecule has 0 saturated heterocycles. The molecule has 0 spiro atoms. The molecule has 0 aliphatic rings. The Morgan fingerprint density at radius 3 is 2.58 bits per heavy atom. The Hall–Kier alpha value is -1.76. The summed E-state index contributed by atoms with van der Waals surface area (Å²) < 4.78 is 5.88. The van der Waals surface area contributed by atoms with Gasteiger partial charge in [-0.15, -0.1) is 11.3 Å². The summed E-state index contributed by atoms with van der Waals surface area (Å²) in [6.07, 6.45) is 0. The topological polar surface area (TPSA) is 29.5 Å². The van der Waals surface area contributed by atoms with Crippen molar-refractivity contribution in [2.75, 3.05) is 6.61 Å². The first-order valence-corrected chi connectivity index (χ1v) is 6.90. The molecule has 0 fully saturated rings. The molecule has 0 saturated carbocycles. The first-order chi connectivity index (χ1) is 9.20. The van der Waals surface area contributed by atoms with Crippen LogP contribution in [0.25, 0.3) is 0 Å².